The number of aliphatic hydroxyl groups excluding tert-OH is 3. The van der Waals surface area contributed by atoms with Crippen LogP contribution in [0.3, 0.4) is 0 Å². The third kappa shape index (κ3) is 1.57. The van der Waals surface area contributed by atoms with Crippen molar-refractivity contribution in [3.63, 3.8) is 0 Å². The Balaban J connectivity index is 2.29. The van der Waals surface area contributed by atoms with E-state index in [0.717, 1.165) is 10.0 Å². The van der Waals surface area contributed by atoms with Crippen LogP contribution in [-0.4, -0.2) is 68.6 Å². The summed E-state index contributed by atoms with van der Waals surface area (Å²) in [5.41, 5.74) is 0. The van der Waals surface area contributed by atoms with Crippen LogP contribution in [0, 0.1) is 0 Å². The van der Waals surface area contributed by atoms with E-state index in [1.165, 1.54) is 0 Å². The van der Waals surface area contributed by atoms with Crippen LogP contribution >= 0.6 is 0 Å². The second kappa shape index (κ2) is 4.00. The highest BCUT2D eigenvalue weighted by molar-refractivity contribution is 5.89. The number of amides is 2. The highest BCUT2D eigenvalue weighted by Crippen LogP contribution is 2.25. The zero-order chi connectivity index (χ0) is 11.9. The van der Waals surface area contributed by atoms with Gasteiger partial charge in [-0.1, -0.05) is 0 Å². The first-order chi connectivity index (χ1) is 7.56. The minimum atomic E-state index is -1.23. The normalized spacial score (nSPS) is 35.3. The Hall–Kier alpha value is -1.18. The van der Waals surface area contributed by atoms with Gasteiger partial charge in [0.1, 0.15) is 18.2 Å². The number of carbonyl (C=O) groups excluding carboxylic acids is 2. The van der Waals surface area contributed by atoms with Crippen molar-refractivity contribution >= 4 is 11.8 Å². The topological polar surface area (TPSA) is 101 Å². The molecule has 0 radical (unpaired) electrons. The fourth-order valence-electron chi connectivity index (χ4n) is 2.14. The molecule has 7 heteroatoms. The van der Waals surface area contributed by atoms with E-state index in [0.29, 0.717) is 0 Å². The Morgan fingerprint density at radius 1 is 1.19 bits per heavy atom. The molecule has 2 aliphatic rings. The largest absolute Gasteiger partial charge is 0.394 e. The number of rotatable bonds is 1. The summed E-state index contributed by atoms with van der Waals surface area (Å²) in [5.74, 6) is -0.589. The van der Waals surface area contributed by atoms with Crippen LogP contribution in [0.25, 0.3) is 0 Å². The van der Waals surface area contributed by atoms with Crippen LogP contribution in [0.5, 0.6) is 0 Å². The zero-order valence-electron chi connectivity index (χ0n) is 8.61. The number of nitrogens with zero attached hydrogens (tertiary/aromatic N) is 2. The quantitative estimate of drug-likeness (QED) is 0.460. The summed E-state index contributed by atoms with van der Waals surface area (Å²) in [6.07, 6.45) is -2.18. The molecule has 16 heavy (non-hydrogen) atoms. The molecule has 2 saturated heterocycles. The SMILES string of the molecule is O=C1CCC(=O)N2[C@H](CO)[C@@H](O)[C@H](O)CN12. The maximum atomic E-state index is 11.6. The van der Waals surface area contributed by atoms with E-state index in [9.17, 15) is 19.8 Å². The summed E-state index contributed by atoms with van der Waals surface area (Å²) in [5, 5.41) is 30.5. The molecule has 3 atom stereocenters. The summed E-state index contributed by atoms with van der Waals surface area (Å²) < 4.78 is 0. The number of hydrazine groups is 1. The summed E-state index contributed by atoms with van der Waals surface area (Å²) in [4.78, 5) is 23.2. The predicted molar refractivity (Wildman–Crippen MR) is 50.7 cm³/mol. The molecule has 2 aliphatic heterocycles. The molecule has 7 nitrogen and oxygen atoms in total. The zero-order valence-corrected chi connectivity index (χ0v) is 8.61. The van der Waals surface area contributed by atoms with Crippen molar-refractivity contribution in [2.24, 2.45) is 0 Å². The average molecular weight is 230 g/mol. The number of fused-ring (bicyclic) bond motifs is 1. The Morgan fingerprint density at radius 3 is 2.44 bits per heavy atom. The van der Waals surface area contributed by atoms with E-state index in [4.69, 9.17) is 5.11 Å². The van der Waals surface area contributed by atoms with Crippen molar-refractivity contribution < 1.29 is 24.9 Å². The Kier molecular flexibility index (Phi) is 2.83. The second-order valence-corrected chi connectivity index (χ2v) is 4.02. The first-order valence-electron chi connectivity index (χ1n) is 5.15. The third-order valence-corrected chi connectivity index (χ3v) is 3.01. The van der Waals surface area contributed by atoms with Crippen molar-refractivity contribution in [3.05, 3.63) is 0 Å². The maximum Gasteiger partial charge on any atom is 0.242 e. The molecule has 0 unspecified atom stereocenters. The van der Waals surface area contributed by atoms with Crippen LogP contribution in [0.2, 0.25) is 0 Å². The molecule has 3 N–H and O–H groups in total. The highest BCUT2D eigenvalue weighted by Gasteiger charge is 2.46. The van der Waals surface area contributed by atoms with Crippen molar-refractivity contribution in [1.29, 1.82) is 0 Å². The summed E-state index contributed by atoms with van der Waals surface area (Å²) in [7, 11) is 0. The molecule has 0 aromatic heterocycles. The minimum absolute atomic E-state index is 0.0780. The fraction of sp³-hybridized carbons (Fsp3) is 0.778. The fourth-order valence-corrected chi connectivity index (χ4v) is 2.14. The predicted octanol–water partition coefficient (Wildman–Crippen LogP) is -2.55. The van der Waals surface area contributed by atoms with Gasteiger partial charge in [-0.3, -0.25) is 9.59 Å². The third-order valence-electron chi connectivity index (χ3n) is 3.01. The first-order valence-corrected chi connectivity index (χ1v) is 5.15. The lowest BCUT2D eigenvalue weighted by Gasteiger charge is -2.49. The second-order valence-electron chi connectivity index (χ2n) is 4.02. The van der Waals surface area contributed by atoms with E-state index >= 15 is 0 Å². The van der Waals surface area contributed by atoms with Crippen LogP contribution in [0.4, 0.5) is 0 Å². The van der Waals surface area contributed by atoms with E-state index < -0.39 is 24.9 Å². The van der Waals surface area contributed by atoms with Crippen LogP contribution in [0.15, 0.2) is 0 Å². The molecule has 2 heterocycles. The number of aliphatic hydroxyl groups is 3. The van der Waals surface area contributed by atoms with Gasteiger partial charge in [0.05, 0.1) is 13.2 Å². The minimum Gasteiger partial charge on any atom is -0.394 e. The van der Waals surface area contributed by atoms with Gasteiger partial charge in [-0.15, -0.1) is 0 Å². The maximum absolute atomic E-state index is 11.6. The number of carbonyl (C=O) groups is 2. The van der Waals surface area contributed by atoms with Crippen LogP contribution < -0.4 is 0 Å². The lowest BCUT2D eigenvalue weighted by molar-refractivity contribution is -0.211. The molecule has 0 spiro atoms. The summed E-state index contributed by atoms with van der Waals surface area (Å²) in [6, 6.07) is -0.944. The van der Waals surface area contributed by atoms with Crippen molar-refractivity contribution in [2.75, 3.05) is 13.2 Å². The van der Waals surface area contributed by atoms with Gasteiger partial charge in [0.25, 0.3) is 0 Å². The van der Waals surface area contributed by atoms with E-state index in [1.807, 2.05) is 0 Å². The lowest BCUT2D eigenvalue weighted by atomic mass is 9.99. The van der Waals surface area contributed by atoms with Gasteiger partial charge in [-0.25, -0.2) is 10.0 Å². The monoisotopic (exact) mass is 230 g/mol. The van der Waals surface area contributed by atoms with E-state index in [2.05, 4.69) is 0 Å². The Bertz CT molecular complexity index is 321. The van der Waals surface area contributed by atoms with Gasteiger partial charge in [0, 0.05) is 12.8 Å². The molecular formula is C9H14N2O5. The van der Waals surface area contributed by atoms with Crippen LogP contribution in [-0.2, 0) is 9.59 Å². The molecule has 2 amide bonds. The van der Waals surface area contributed by atoms with Gasteiger partial charge in [-0.05, 0) is 0 Å². The number of hydrogen-bond donors (Lipinski definition) is 3. The van der Waals surface area contributed by atoms with Gasteiger partial charge in [0.15, 0.2) is 0 Å². The Labute approximate surface area is 91.8 Å². The standard InChI is InChI=1S/C9H14N2O5/c12-4-5-9(16)6(13)3-10-7(14)1-2-8(15)11(5)10/h5-6,9,12-13,16H,1-4H2/t5-,6-,9-/m1/s1. The van der Waals surface area contributed by atoms with Gasteiger partial charge < -0.3 is 15.3 Å². The summed E-state index contributed by atoms with van der Waals surface area (Å²) in [6.45, 7) is -0.601. The van der Waals surface area contributed by atoms with Crippen molar-refractivity contribution in [3.8, 4) is 0 Å². The molecule has 0 saturated carbocycles. The molecule has 0 aromatic carbocycles. The Morgan fingerprint density at radius 2 is 1.81 bits per heavy atom. The molecule has 0 aliphatic carbocycles. The van der Waals surface area contributed by atoms with Crippen molar-refractivity contribution in [2.45, 2.75) is 31.1 Å². The van der Waals surface area contributed by atoms with Gasteiger partial charge in [0.2, 0.25) is 11.8 Å². The number of hydrogen-bond acceptors (Lipinski definition) is 5. The smallest absolute Gasteiger partial charge is 0.242 e. The van der Waals surface area contributed by atoms with E-state index in [1.54, 1.807) is 0 Å². The molecule has 0 bridgehead atoms. The average Bonchev–Trinajstić information content (AvgIpc) is 2.26. The lowest BCUT2D eigenvalue weighted by Crippen LogP contribution is -2.69. The molecule has 0 aromatic rings. The van der Waals surface area contributed by atoms with Gasteiger partial charge >= 0.3 is 0 Å². The molecule has 90 valence electrons. The summed E-state index contributed by atoms with van der Waals surface area (Å²) >= 11 is 0. The highest BCUT2D eigenvalue weighted by atomic mass is 16.3. The van der Waals surface area contributed by atoms with Crippen molar-refractivity contribution in [1.82, 2.24) is 10.0 Å². The van der Waals surface area contributed by atoms with Gasteiger partial charge in [-0.2, -0.15) is 0 Å². The first kappa shape index (κ1) is 11.3. The molecule has 2 rings (SSSR count). The van der Waals surface area contributed by atoms with Crippen LogP contribution in [0.1, 0.15) is 12.8 Å². The molecule has 2 fully saturated rings. The van der Waals surface area contributed by atoms with E-state index in [-0.39, 0.29) is 31.2 Å². The molecular weight excluding hydrogens is 216 g/mol.